The highest BCUT2D eigenvalue weighted by molar-refractivity contribution is 7.30. The predicted octanol–water partition coefficient (Wildman–Crippen LogP) is 10.9. The van der Waals surface area contributed by atoms with E-state index in [9.17, 15) is 0 Å². The second kappa shape index (κ2) is 10.0. The third kappa shape index (κ3) is 4.75. The maximum absolute atomic E-state index is 2.81. The maximum atomic E-state index is 2.81. The van der Waals surface area contributed by atoms with E-state index < -0.39 is 48.1 Å². The largest absolute Gasteiger partial charge is 0.0694 e. The SMILES string of the molecule is CC(C)(C)[Si](c1c2ccccc2cc2ccccc12)=[Si]1C([Si](C)(C)C)([Si](C)(C)C)CCC1([Si](C)(C)C)[Si](C)(C)C. The van der Waals surface area contributed by atoms with E-state index in [0.717, 1.165) is 0 Å². The molecule has 1 saturated heterocycles. The Morgan fingerprint density at radius 2 is 0.900 bits per heavy atom. The van der Waals surface area contributed by atoms with Gasteiger partial charge in [0.2, 0.25) is 0 Å². The Hall–Kier alpha value is -0.519. The fraction of sp³-hybridized carbons (Fsp3) is 0.588. The Labute approximate surface area is 254 Å². The summed E-state index contributed by atoms with van der Waals surface area (Å²) in [5, 5.41) is 8.20. The van der Waals surface area contributed by atoms with Crippen molar-refractivity contribution in [2.75, 3.05) is 0 Å². The number of hydrogen-bond acceptors (Lipinski definition) is 0. The fourth-order valence-corrected chi connectivity index (χ4v) is 77.6. The number of hydrogen-bond donors (Lipinski definition) is 0. The zero-order chi connectivity index (χ0) is 30.3. The molecule has 0 N–H and O–H groups in total. The highest BCUT2D eigenvalue weighted by atomic mass is 28.9. The topological polar surface area (TPSA) is 0 Å². The smallest absolute Gasteiger partial charge is 0.0481 e. The molecular weight excluding hydrogens is 577 g/mol. The van der Waals surface area contributed by atoms with Crippen LogP contribution in [0.4, 0.5) is 0 Å². The first-order chi connectivity index (χ1) is 18.0. The lowest BCUT2D eigenvalue weighted by molar-refractivity contribution is 0.756. The molecule has 1 aliphatic rings. The summed E-state index contributed by atoms with van der Waals surface area (Å²) in [5.41, 5.74) is 0. The molecule has 6 heteroatoms. The van der Waals surface area contributed by atoms with Gasteiger partial charge >= 0.3 is 0 Å². The summed E-state index contributed by atoms with van der Waals surface area (Å²) < 4.78 is 1.26. The highest BCUT2D eigenvalue weighted by Gasteiger charge is 2.70. The van der Waals surface area contributed by atoms with Gasteiger partial charge in [-0.2, -0.15) is 0 Å². The molecule has 3 aromatic carbocycles. The van der Waals surface area contributed by atoms with Gasteiger partial charge in [-0.3, -0.25) is 0 Å². The van der Waals surface area contributed by atoms with Crippen molar-refractivity contribution in [1.82, 2.24) is 0 Å². The van der Waals surface area contributed by atoms with E-state index in [2.05, 4.69) is 154 Å². The molecule has 1 heterocycles. The standard InChI is InChI=1S/C34H58Si6/c1-32(2,3)35(31-29-22-18-16-20-27(29)26-28-21-17-19-23-30(28)31)36-33(37(4,5)6,38(7,8)9)24-25-34(36,39(10,11)12)40(13,14)15/h16-23,26H,24-25H2,1-15H3. The Kier molecular flexibility index (Phi) is 8.11. The van der Waals surface area contributed by atoms with Gasteiger partial charge in [0, 0.05) is 40.2 Å². The molecule has 0 bridgehead atoms. The molecule has 0 unspecified atom stereocenters. The van der Waals surface area contributed by atoms with Gasteiger partial charge in [-0.15, -0.1) is 0 Å². The van der Waals surface area contributed by atoms with Gasteiger partial charge in [0.25, 0.3) is 0 Å². The van der Waals surface area contributed by atoms with E-state index >= 15 is 0 Å². The van der Waals surface area contributed by atoms with Crippen molar-refractivity contribution in [1.29, 1.82) is 0 Å². The summed E-state index contributed by atoms with van der Waals surface area (Å²) in [5.74, 6) is 0. The number of rotatable bonds is 5. The average Bonchev–Trinajstić information content (AvgIpc) is 3.16. The van der Waals surface area contributed by atoms with Crippen molar-refractivity contribution < 1.29 is 0 Å². The monoisotopic (exact) mass is 634 g/mol. The summed E-state index contributed by atoms with van der Waals surface area (Å²) in [6.07, 6.45) is 3.07. The van der Waals surface area contributed by atoms with Gasteiger partial charge in [0.1, 0.15) is 0 Å². The lowest BCUT2D eigenvalue weighted by Crippen LogP contribution is -2.69. The number of fused-ring (bicyclic) bond motifs is 2. The molecule has 0 atom stereocenters. The van der Waals surface area contributed by atoms with E-state index in [1.54, 1.807) is 10.8 Å². The Morgan fingerprint density at radius 3 is 1.20 bits per heavy atom. The molecule has 1 aliphatic heterocycles. The van der Waals surface area contributed by atoms with E-state index in [0.29, 0.717) is 13.6 Å². The van der Waals surface area contributed by atoms with Gasteiger partial charge in [-0.05, 0) is 54.3 Å². The van der Waals surface area contributed by atoms with Crippen LogP contribution in [0.25, 0.3) is 21.5 Å². The van der Waals surface area contributed by atoms with Gasteiger partial charge in [-0.25, -0.2) is 0 Å². The van der Waals surface area contributed by atoms with Crippen LogP contribution < -0.4 is 5.19 Å². The first kappa shape index (κ1) is 32.4. The van der Waals surface area contributed by atoms with Crippen molar-refractivity contribution in [2.24, 2.45) is 0 Å². The Morgan fingerprint density at radius 1 is 0.575 bits per heavy atom. The summed E-state index contributed by atoms with van der Waals surface area (Å²) in [4.78, 5) is 0. The van der Waals surface area contributed by atoms with E-state index in [1.807, 2.05) is 5.19 Å². The van der Waals surface area contributed by atoms with Crippen LogP contribution in [0.3, 0.4) is 0 Å². The van der Waals surface area contributed by atoms with Crippen LogP contribution in [0.2, 0.25) is 92.2 Å². The summed E-state index contributed by atoms with van der Waals surface area (Å²) in [7, 11) is -7.99. The van der Waals surface area contributed by atoms with Crippen molar-refractivity contribution >= 4 is 74.8 Å². The third-order valence-electron chi connectivity index (χ3n) is 10.9. The second-order valence-electron chi connectivity index (χ2n) is 18.0. The first-order valence-corrected chi connectivity index (χ1v) is 33.7. The molecule has 0 nitrogen and oxygen atoms in total. The predicted molar refractivity (Wildman–Crippen MR) is 200 cm³/mol. The normalized spacial score (nSPS) is 18.5. The average molecular weight is 635 g/mol. The zero-order valence-corrected chi connectivity index (χ0v) is 34.6. The van der Waals surface area contributed by atoms with Gasteiger partial charge in [-0.1, -0.05) is 161 Å². The fourth-order valence-electron chi connectivity index (χ4n) is 9.82. The molecule has 0 aromatic heterocycles. The molecule has 40 heavy (non-hydrogen) atoms. The van der Waals surface area contributed by atoms with Crippen LogP contribution in [-0.4, -0.2) is 48.1 Å². The maximum Gasteiger partial charge on any atom is 0.0481 e. The zero-order valence-electron chi connectivity index (χ0n) is 28.6. The second-order valence-corrected chi connectivity index (χ2v) is 50.6. The molecule has 1 fully saturated rings. The molecule has 0 saturated carbocycles. The van der Waals surface area contributed by atoms with Gasteiger partial charge < -0.3 is 0 Å². The minimum atomic E-state index is -1.55. The van der Waals surface area contributed by atoms with Crippen molar-refractivity contribution in [3.05, 3.63) is 54.6 Å². The van der Waals surface area contributed by atoms with Crippen molar-refractivity contribution in [3.63, 3.8) is 0 Å². The van der Waals surface area contributed by atoms with E-state index in [1.165, 1.54) is 23.6 Å². The lowest BCUT2D eigenvalue weighted by Gasteiger charge is -2.59. The van der Waals surface area contributed by atoms with Crippen LogP contribution in [0, 0.1) is 0 Å². The molecule has 0 radical (unpaired) electrons. The first-order valence-electron chi connectivity index (χ1n) is 15.7. The van der Waals surface area contributed by atoms with Crippen LogP contribution in [-0.2, 0) is 0 Å². The third-order valence-corrected chi connectivity index (χ3v) is 58.4. The van der Waals surface area contributed by atoms with Crippen LogP contribution >= 0.6 is 0 Å². The van der Waals surface area contributed by atoms with E-state index in [-0.39, 0.29) is 0 Å². The summed E-state index contributed by atoms with van der Waals surface area (Å²) in [6, 6.07) is 21.4. The molecule has 0 aliphatic carbocycles. The highest BCUT2D eigenvalue weighted by Crippen LogP contribution is 2.69. The van der Waals surface area contributed by atoms with Crippen LogP contribution in [0.5, 0.6) is 0 Å². The van der Waals surface area contributed by atoms with Gasteiger partial charge in [0.05, 0.1) is 0 Å². The lowest BCUT2D eigenvalue weighted by atomic mass is 10.0. The molecular formula is C34H58Si6. The van der Waals surface area contributed by atoms with Crippen LogP contribution in [0.1, 0.15) is 33.6 Å². The van der Waals surface area contributed by atoms with Crippen molar-refractivity contribution in [2.45, 2.75) is 126 Å². The molecule has 0 amide bonds. The molecule has 3 aromatic rings. The Balaban J connectivity index is 2.48. The van der Waals surface area contributed by atoms with Crippen molar-refractivity contribution in [3.8, 4) is 0 Å². The number of benzene rings is 3. The van der Waals surface area contributed by atoms with Crippen LogP contribution in [0.15, 0.2) is 54.6 Å². The van der Waals surface area contributed by atoms with E-state index in [4.69, 9.17) is 0 Å². The minimum Gasteiger partial charge on any atom is -0.0694 e. The summed E-state index contributed by atoms with van der Waals surface area (Å²) >= 11 is 0. The molecule has 4 rings (SSSR count). The van der Waals surface area contributed by atoms with Gasteiger partial charge in [0.15, 0.2) is 0 Å². The minimum absolute atomic E-state index is 0.297. The molecule has 218 valence electrons. The molecule has 0 spiro atoms. The quantitative estimate of drug-likeness (QED) is 0.193. The Bertz CT molecular complexity index is 1340. The summed E-state index contributed by atoms with van der Waals surface area (Å²) in [6.45, 7) is 41.7.